The van der Waals surface area contributed by atoms with E-state index in [2.05, 4.69) is 23.7 Å². The molecule has 4 rings (SSSR count). The highest BCUT2D eigenvalue weighted by Gasteiger charge is 2.29. The molecule has 1 aliphatic carbocycles. The molecule has 0 spiro atoms. The Balaban J connectivity index is 1.45. The first-order valence-electron chi connectivity index (χ1n) is 11.1. The highest BCUT2D eigenvalue weighted by molar-refractivity contribution is 7.99. The predicted molar refractivity (Wildman–Crippen MR) is 121 cm³/mol. The van der Waals surface area contributed by atoms with Crippen LogP contribution < -0.4 is 9.47 Å². The first-order chi connectivity index (χ1) is 15.2. The molecule has 1 amide bonds. The molecular formula is C23H30N4O3S. The van der Waals surface area contributed by atoms with Gasteiger partial charge in [0.05, 0.1) is 5.75 Å². The van der Waals surface area contributed by atoms with Gasteiger partial charge in [0, 0.05) is 19.1 Å². The Labute approximate surface area is 187 Å². The minimum absolute atomic E-state index is 0.167. The third-order valence-electron chi connectivity index (χ3n) is 5.85. The Morgan fingerprint density at radius 2 is 2.03 bits per heavy atom. The average molecular weight is 443 g/mol. The topological polar surface area (TPSA) is 69.5 Å². The molecule has 31 heavy (non-hydrogen) atoms. The molecule has 8 heteroatoms. The lowest BCUT2D eigenvalue weighted by molar-refractivity contribution is -0.131. The molecular weight excluding hydrogens is 412 g/mol. The van der Waals surface area contributed by atoms with E-state index in [9.17, 15) is 4.79 Å². The van der Waals surface area contributed by atoms with Crippen LogP contribution >= 0.6 is 11.8 Å². The fourth-order valence-electron chi connectivity index (χ4n) is 4.33. The smallest absolute Gasteiger partial charge is 0.233 e. The summed E-state index contributed by atoms with van der Waals surface area (Å²) in [4.78, 5) is 15.0. The molecule has 1 atom stereocenters. The summed E-state index contributed by atoms with van der Waals surface area (Å²) in [5.41, 5.74) is 0. The number of hydrogen-bond donors (Lipinski definition) is 0. The fraction of sp³-hybridized carbons (Fsp3) is 0.522. The van der Waals surface area contributed by atoms with Crippen LogP contribution in [0.5, 0.6) is 11.5 Å². The summed E-state index contributed by atoms with van der Waals surface area (Å²) in [6, 6.07) is 7.98. The van der Waals surface area contributed by atoms with Crippen LogP contribution in [0.3, 0.4) is 0 Å². The molecule has 2 heterocycles. The van der Waals surface area contributed by atoms with E-state index in [4.69, 9.17) is 9.47 Å². The molecule has 0 N–H and O–H groups in total. The van der Waals surface area contributed by atoms with E-state index in [0.717, 1.165) is 25.1 Å². The minimum atomic E-state index is -0.359. The van der Waals surface area contributed by atoms with E-state index in [1.807, 2.05) is 33.7 Å². The van der Waals surface area contributed by atoms with Crippen molar-refractivity contribution in [1.82, 2.24) is 19.7 Å². The van der Waals surface area contributed by atoms with Crippen LogP contribution in [-0.4, -0.2) is 50.5 Å². The van der Waals surface area contributed by atoms with E-state index >= 15 is 0 Å². The molecule has 1 unspecified atom stereocenters. The Morgan fingerprint density at radius 1 is 1.26 bits per heavy atom. The van der Waals surface area contributed by atoms with E-state index in [0.29, 0.717) is 41.7 Å². The van der Waals surface area contributed by atoms with Gasteiger partial charge in [-0.2, -0.15) is 0 Å². The molecule has 1 fully saturated rings. The van der Waals surface area contributed by atoms with Gasteiger partial charge >= 0.3 is 0 Å². The fourth-order valence-corrected chi connectivity index (χ4v) is 5.17. The van der Waals surface area contributed by atoms with Gasteiger partial charge in [-0.3, -0.25) is 9.36 Å². The SMILES string of the molecule is C=CCn1c(SCC(=O)N(CC)C2CCCCC2)nnc1C1COc2ccccc2O1. The van der Waals surface area contributed by atoms with E-state index in [-0.39, 0.29) is 12.0 Å². The molecule has 1 aromatic heterocycles. The predicted octanol–water partition coefficient (Wildman–Crippen LogP) is 4.25. The number of benzene rings is 1. The molecule has 166 valence electrons. The number of nitrogens with zero attached hydrogens (tertiary/aromatic N) is 4. The number of rotatable bonds is 8. The Hall–Kier alpha value is -2.48. The van der Waals surface area contributed by atoms with Crippen molar-refractivity contribution in [3.63, 3.8) is 0 Å². The average Bonchev–Trinajstić information content (AvgIpc) is 3.21. The minimum Gasteiger partial charge on any atom is -0.485 e. The van der Waals surface area contributed by atoms with Crippen molar-refractivity contribution in [2.24, 2.45) is 0 Å². The second-order valence-electron chi connectivity index (χ2n) is 7.86. The highest BCUT2D eigenvalue weighted by Crippen LogP contribution is 2.36. The van der Waals surface area contributed by atoms with E-state index < -0.39 is 0 Å². The molecule has 2 aliphatic rings. The second kappa shape index (κ2) is 10.2. The van der Waals surface area contributed by atoms with E-state index in [1.54, 1.807) is 6.08 Å². The lowest BCUT2D eigenvalue weighted by atomic mass is 9.94. The van der Waals surface area contributed by atoms with Crippen LogP contribution in [0.1, 0.15) is 51.0 Å². The van der Waals surface area contributed by atoms with Crippen molar-refractivity contribution < 1.29 is 14.3 Å². The Bertz CT molecular complexity index is 910. The van der Waals surface area contributed by atoms with Gasteiger partial charge in [-0.05, 0) is 31.9 Å². The van der Waals surface area contributed by atoms with Gasteiger partial charge in [-0.25, -0.2) is 0 Å². The lowest BCUT2D eigenvalue weighted by Crippen LogP contribution is -2.42. The van der Waals surface area contributed by atoms with Gasteiger partial charge in [0.15, 0.2) is 28.6 Å². The maximum absolute atomic E-state index is 12.9. The van der Waals surface area contributed by atoms with Crippen LogP contribution in [0.2, 0.25) is 0 Å². The van der Waals surface area contributed by atoms with Crippen LogP contribution in [-0.2, 0) is 11.3 Å². The maximum atomic E-state index is 12.9. The number of thioether (sulfide) groups is 1. The van der Waals surface area contributed by atoms with Gasteiger partial charge in [0.25, 0.3) is 0 Å². The van der Waals surface area contributed by atoms with E-state index in [1.165, 1.54) is 31.0 Å². The summed E-state index contributed by atoms with van der Waals surface area (Å²) in [6.07, 6.45) is 7.37. The van der Waals surface area contributed by atoms with Gasteiger partial charge in [-0.1, -0.05) is 49.2 Å². The Morgan fingerprint density at radius 3 is 2.77 bits per heavy atom. The summed E-state index contributed by atoms with van der Waals surface area (Å²) in [6.45, 7) is 7.58. The number of fused-ring (bicyclic) bond motifs is 1. The molecule has 0 saturated heterocycles. The quantitative estimate of drug-likeness (QED) is 0.450. The first kappa shape index (κ1) is 21.7. The van der Waals surface area contributed by atoms with Crippen LogP contribution in [0.25, 0.3) is 0 Å². The zero-order valence-electron chi connectivity index (χ0n) is 18.0. The zero-order chi connectivity index (χ0) is 21.6. The second-order valence-corrected chi connectivity index (χ2v) is 8.81. The number of hydrogen-bond acceptors (Lipinski definition) is 6. The number of carbonyl (C=O) groups excluding carboxylic acids is 1. The molecule has 1 saturated carbocycles. The van der Waals surface area contributed by atoms with Crippen molar-refractivity contribution in [2.75, 3.05) is 18.9 Å². The number of aromatic nitrogens is 3. The summed E-state index contributed by atoms with van der Waals surface area (Å²) in [5.74, 6) is 2.63. The number of carbonyl (C=O) groups is 1. The molecule has 7 nitrogen and oxygen atoms in total. The van der Waals surface area contributed by atoms with Gasteiger partial charge in [-0.15, -0.1) is 16.8 Å². The standard InChI is InChI=1S/C23H30N4O3S/c1-3-14-27-22(20-15-29-18-12-8-9-13-19(18)30-20)24-25-23(27)31-16-21(28)26(4-2)17-10-6-5-7-11-17/h3,8-9,12-13,17,20H,1,4-7,10-11,14-16H2,2H3. The van der Waals surface area contributed by atoms with Crippen molar-refractivity contribution in [2.45, 2.75) is 62.9 Å². The van der Waals surface area contributed by atoms with Gasteiger partial charge < -0.3 is 14.4 Å². The van der Waals surface area contributed by atoms with Gasteiger partial charge in [0.2, 0.25) is 5.91 Å². The largest absolute Gasteiger partial charge is 0.485 e. The summed E-state index contributed by atoms with van der Waals surface area (Å²) in [5, 5.41) is 9.44. The van der Waals surface area contributed by atoms with Crippen LogP contribution in [0, 0.1) is 0 Å². The van der Waals surface area contributed by atoms with Crippen molar-refractivity contribution >= 4 is 17.7 Å². The van der Waals surface area contributed by atoms with Crippen molar-refractivity contribution in [3.8, 4) is 11.5 Å². The highest BCUT2D eigenvalue weighted by atomic mass is 32.2. The third-order valence-corrected chi connectivity index (χ3v) is 6.81. The molecule has 0 radical (unpaired) electrons. The number of allylic oxidation sites excluding steroid dienone is 1. The van der Waals surface area contributed by atoms with Crippen LogP contribution in [0.15, 0.2) is 42.1 Å². The molecule has 2 aromatic rings. The first-order valence-corrected chi connectivity index (χ1v) is 12.0. The number of amides is 1. The van der Waals surface area contributed by atoms with Crippen molar-refractivity contribution in [1.29, 1.82) is 0 Å². The molecule has 1 aromatic carbocycles. The normalized spacial score (nSPS) is 18.5. The van der Waals surface area contributed by atoms with Crippen LogP contribution in [0.4, 0.5) is 0 Å². The summed E-state index contributed by atoms with van der Waals surface area (Å²) in [7, 11) is 0. The zero-order valence-corrected chi connectivity index (χ0v) is 18.9. The third kappa shape index (κ3) is 4.89. The number of para-hydroxylation sites is 2. The maximum Gasteiger partial charge on any atom is 0.233 e. The van der Waals surface area contributed by atoms with Crippen molar-refractivity contribution in [3.05, 3.63) is 42.7 Å². The number of ether oxygens (including phenoxy) is 2. The molecule has 0 bridgehead atoms. The monoisotopic (exact) mass is 442 g/mol. The van der Waals surface area contributed by atoms with Gasteiger partial charge in [0.1, 0.15) is 6.61 Å². The summed E-state index contributed by atoms with van der Waals surface area (Å²) >= 11 is 1.43. The Kier molecular flexibility index (Phi) is 7.17. The summed E-state index contributed by atoms with van der Waals surface area (Å²) < 4.78 is 13.9. The lowest BCUT2D eigenvalue weighted by Gasteiger charge is -2.33. The molecule has 1 aliphatic heterocycles.